The van der Waals surface area contributed by atoms with Crippen LogP contribution in [0, 0.1) is 5.92 Å². The summed E-state index contributed by atoms with van der Waals surface area (Å²) in [6, 6.07) is -0.0279. The Kier molecular flexibility index (Phi) is 6.22. The van der Waals surface area contributed by atoms with Crippen molar-refractivity contribution in [1.29, 1.82) is 0 Å². The van der Waals surface area contributed by atoms with Gasteiger partial charge in [0.25, 0.3) is 0 Å². The van der Waals surface area contributed by atoms with Crippen molar-refractivity contribution in [1.82, 2.24) is 10.6 Å². The quantitative estimate of drug-likeness (QED) is 0.539. The van der Waals surface area contributed by atoms with Crippen LogP contribution in [0.1, 0.15) is 26.7 Å². The highest BCUT2D eigenvalue weighted by molar-refractivity contribution is 5.81. The Hall–Kier alpha value is -0.870. The number of ether oxygens (including phenoxy) is 1. The van der Waals surface area contributed by atoms with Crippen LogP contribution in [0.5, 0.6) is 0 Å². The standard InChI is InChI=1S/C13H24N2O2/c1-10(2)9-17-7-6-15-13(16)12-8-11(3)4-5-14-12/h11-12,14H,1,4-9H2,2-3H3,(H,15,16). The van der Waals surface area contributed by atoms with E-state index in [0.717, 1.165) is 25.0 Å². The topological polar surface area (TPSA) is 50.4 Å². The lowest BCUT2D eigenvalue weighted by Crippen LogP contribution is -2.49. The van der Waals surface area contributed by atoms with Crippen molar-refractivity contribution in [3.8, 4) is 0 Å². The molecule has 0 aromatic heterocycles. The molecule has 0 bridgehead atoms. The van der Waals surface area contributed by atoms with Crippen LogP contribution in [-0.2, 0) is 9.53 Å². The third-order valence-electron chi connectivity index (χ3n) is 2.88. The van der Waals surface area contributed by atoms with Crippen LogP contribution in [0.25, 0.3) is 0 Å². The molecule has 1 saturated heterocycles. The molecule has 1 aliphatic rings. The summed E-state index contributed by atoms with van der Waals surface area (Å²) in [5.41, 5.74) is 0.999. The lowest BCUT2D eigenvalue weighted by Gasteiger charge is -2.27. The molecule has 1 rings (SSSR count). The zero-order valence-electron chi connectivity index (χ0n) is 10.9. The molecule has 1 heterocycles. The maximum Gasteiger partial charge on any atom is 0.237 e. The van der Waals surface area contributed by atoms with E-state index in [1.807, 2.05) is 6.92 Å². The molecule has 1 amide bonds. The predicted molar refractivity (Wildman–Crippen MR) is 68.8 cm³/mol. The molecule has 0 saturated carbocycles. The van der Waals surface area contributed by atoms with Crippen LogP contribution in [0.15, 0.2) is 12.2 Å². The minimum atomic E-state index is -0.0279. The first-order chi connectivity index (χ1) is 8.09. The molecule has 0 radical (unpaired) electrons. The fraction of sp³-hybridized carbons (Fsp3) is 0.769. The maximum absolute atomic E-state index is 11.8. The Balaban J connectivity index is 2.10. The molecule has 0 aliphatic carbocycles. The Labute approximate surface area is 104 Å². The first-order valence-corrected chi connectivity index (χ1v) is 6.33. The van der Waals surface area contributed by atoms with E-state index < -0.39 is 0 Å². The second kappa shape index (κ2) is 7.45. The number of hydrogen-bond donors (Lipinski definition) is 2. The van der Waals surface area contributed by atoms with Crippen molar-refractivity contribution < 1.29 is 9.53 Å². The second-order valence-electron chi connectivity index (χ2n) is 4.94. The lowest BCUT2D eigenvalue weighted by molar-refractivity contribution is -0.124. The molecule has 1 fully saturated rings. The van der Waals surface area contributed by atoms with Crippen LogP contribution in [0.2, 0.25) is 0 Å². The molecule has 4 heteroatoms. The number of amides is 1. The lowest BCUT2D eigenvalue weighted by atomic mass is 9.94. The minimum Gasteiger partial charge on any atom is -0.375 e. The van der Waals surface area contributed by atoms with Gasteiger partial charge < -0.3 is 15.4 Å². The van der Waals surface area contributed by atoms with Crippen molar-refractivity contribution in [2.75, 3.05) is 26.3 Å². The van der Waals surface area contributed by atoms with Gasteiger partial charge in [-0.3, -0.25) is 4.79 Å². The molecule has 0 aromatic carbocycles. The zero-order chi connectivity index (χ0) is 12.7. The summed E-state index contributed by atoms with van der Waals surface area (Å²) in [6.07, 6.45) is 2.09. The number of carbonyl (C=O) groups is 1. The van der Waals surface area contributed by atoms with Gasteiger partial charge in [0.1, 0.15) is 0 Å². The predicted octanol–water partition coefficient (Wildman–Crippen LogP) is 1.08. The molecule has 2 atom stereocenters. The average molecular weight is 240 g/mol. The van der Waals surface area contributed by atoms with E-state index in [-0.39, 0.29) is 11.9 Å². The van der Waals surface area contributed by atoms with E-state index in [1.165, 1.54) is 0 Å². The van der Waals surface area contributed by atoms with Crippen molar-refractivity contribution in [2.45, 2.75) is 32.7 Å². The van der Waals surface area contributed by atoms with E-state index in [9.17, 15) is 4.79 Å². The first kappa shape index (κ1) is 14.2. The summed E-state index contributed by atoms with van der Waals surface area (Å²) >= 11 is 0. The van der Waals surface area contributed by atoms with Gasteiger partial charge in [-0.1, -0.05) is 19.1 Å². The normalized spacial score (nSPS) is 24.4. The maximum atomic E-state index is 11.8. The third kappa shape index (κ3) is 5.84. The number of piperidine rings is 1. The molecule has 2 unspecified atom stereocenters. The number of rotatable bonds is 6. The molecule has 0 spiro atoms. The first-order valence-electron chi connectivity index (χ1n) is 6.33. The molecule has 1 aliphatic heterocycles. The molecule has 4 nitrogen and oxygen atoms in total. The van der Waals surface area contributed by atoms with E-state index >= 15 is 0 Å². The summed E-state index contributed by atoms with van der Waals surface area (Å²) in [5.74, 6) is 0.724. The Morgan fingerprint density at radius 2 is 2.35 bits per heavy atom. The van der Waals surface area contributed by atoms with E-state index in [2.05, 4.69) is 24.1 Å². The minimum absolute atomic E-state index is 0.0279. The highest BCUT2D eigenvalue weighted by Crippen LogP contribution is 2.14. The van der Waals surface area contributed by atoms with Crippen molar-refractivity contribution in [3.05, 3.63) is 12.2 Å². The van der Waals surface area contributed by atoms with Crippen molar-refractivity contribution >= 4 is 5.91 Å². The van der Waals surface area contributed by atoms with Crippen LogP contribution in [0.3, 0.4) is 0 Å². The molecule has 98 valence electrons. The van der Waals surface area contributed by atoms with Crippen LogP contribution in [-0.4, -0.2) is 38.3 Å². The number of nitrogens with one attached hydrogen (secondary N) is 2. The third-order valence-corrected chi connectivity index (χ3v) is 2.88. The number of carbonyl (C=O) groups excluding carboxylic acids is 1. The van der Waals surface area contributed by atoms with Gasteiger partial charge in [-0.25, -0.2) is 0 Å². The molecule has 2 N–H and O–H groups in total. The van der Waals surface area contributed by atoms with Gasteiger partial charge in [0.15, 0.2) is 0 Å². The highest BCUT2D eigenvalue weighted by atomic mass is 16.5. The fourth-order valence-corrected chi connectivity index (χ4v) is 1.92. The van der Waals surface area contributed by atoms with Crippen LogP contribution in [0.4, 0.5) is 0 Å². The Morgan fingerprint density at radius 3 is 3.00 bits per heavy atom. The molecular formula is C13H24N2O2. The number of hydrogen-bond acceptors (Lipinski definition) is 3. The van der Waals surface area contributed by atoms with Crippen LogP contribution >= 0.6 is 0 Å². The van der Waals surface area contributed by atoms with Crippen molar-refractivity contribution in [3.63, 3.8) is 0 Å². The zero-order valence-corrected chi connectivity index (χ0v) is 10.9. The largest absolute Gasteiger partial charge is 0.375 e. The van der Waals surface area contributed by atoms with Gasteiger partial charge in [0, 0.05) is 6.54 Å². The average Bonchev–Trinajstić information content (AvgIpc) is 2.28. The van der Waals surface area contributed by atoms with Gasteiger partial charge in [0.2, 0.25) is 5.91 Å². The van der Waals surface area contributed by atoms with Crippen molar-refractivity contribution in [2.24, 2.45) is 5.92 Å². The van der Waals surface area contributed by atoms with E-state index in [0.29, 0.717) is 25.7 Å². The Morgan fingerprint density at radius 1 is 1.59 bits per heavy atom. The fourth-order valence-electron chi connectivity index (χ4n) is 1.92. The summed E-state index contributed by atoms with van der Waals surface area (Å²) in [4.78, 5) is 11.8. The highest BCUT2D eigenvalue weighted by Gasteiger charge is 2.23. The van der Waals surface area contributed by atoms with Gasteiger partial charge >= 0.3 is 0 Å². The van der Waals surface area contributed by atoms with Crippen LogP contribution < -0.4 is 10.6 Å². The second-order valence-corrected chi connectivity index (χ2v) is 4.94. The van der Waals surface area contributed by atoms with Gasteiger partial charge in [-0.2, -0.15) is 0 Å². The van der Waals surface area contributed by atoms with E-state index in [1.54, 1.807) is 0 Å². The molecule has 17 heavy (non-hydrogen) atoms. The summed E-state index contributed by atoms with van der Waals surface area (Å²) in [6.45, 7) is 10.5. The summed E-state index contributed by atoms with van der Waals surface area (Å²) in [7, 11) is 0. The summed E-state index contributed by atoms with van der Waals surface area (Å²) in [5, 5.41) is 6.13. The molecular weight excluding hydrogens is 216 g/mol. The smallest absolute Gasteiger partial charge is 0.237 e. The SMILES string of the molecule is C=C(C)COCCNC(=O)C1CC(C)CCN1. The Bertz CT molecular complexity index is 266. The summed E-state index contributed by atoms with van der Waals surface area (Å²) < 4.78 is 5.32. The van der Waals surface area contributed by atoms with E-state index in [4.69, 9.17) is 4.74 Å². The molecule has 0 aromatic rings. The monoisotopic (exact) mass is 240 g/mol. The van der Waals surface area contributed by atoms with Gasteiger partial charge in [-0.05, 0) is 32.2 Å². The van der Waals surface area contributed by atoms with Gasteiger partial charge in [0.05, 0.1) is 19.3 Å². The van der Waals surface area contributed by atoms with Gasteiger partial charge in [-0.15, -0.1) is 0 Å².